The van der Waals surface area contributed by atoms with Crippen molar-refractivity contribution in [3.63, 3.8) is 0 Å². The van der Waals surface area contributed by atoms with Gasteiger partial charge in [-0.15, -0.1) is 0 Å². The lowest BCUT2D eigenvalue weighted by Crippen LogP contribution is -2.11. The molecule has 0 saturated heterocycles. The van der Waals surface area contributed by atoms with E-state index < -0.39 is 0 Å². The van der Waals surface area contributed by atoms with Crippen LogP contribution in [0.3, 0.4) is 0 Å². The monoisotopic (exact) mass is 245 g/mol. The van der Waals surface area contributed by atoms with Gasteiger partial charge in [0.25, 0.3) is 0 Å². The van der Waals surface area contributed by atoms with E-state index in [4.69, 9.17) is 16.3 Å². The zero-order chi connectivity index (χ0) is 11.3. The van der Waals surface area contributed by atoms with Crippen LogP contribution in [0.5, 0.6) is 5.75 Å². The molecule has 0 unspecified atom stereocenters. The predicted octanol–water partition coefficient (Wildman–Crippen LogP) is 2.61. The average Bonchev–Trinajstić information content (AvgIpc) is 2.21. The molecule has 1 aromatic rings. The van der Waals surface area contributed by atoms with Crippen LogP contribution in [0.2, 0.25) is 5.02 Å². The minimum atomic E-state index is -0.0747. The Morgan fingerprint density at radius 2 is 2.33 bits per heavy atom. The van der Waals surface area contributed by atoms with Crippen molar-refractivity contribution in [1.29, 1.82) is 0 Å². The smallest absolute Gasteiger partial charge is 0.225 e. The van der Waals surface area contributed by atoms with Gasteiger partial charge in [-0.25, -0.2) is 0 Å². The first kappa shape index (κ1) is 12.2. The minimum Gasteiger partial charge on any atom is -0.495 e. The molecule has 0 aromatic heterocycles. The second-order valence-electron chi connectivity index (χ2n) is 2.87. The number of halogens is 1. The number of methoxy groups -OCH3 is 1. The highest BCUT2D eigenvalue weighted by Crippen LogP contribution is 2.27. The van der Waals surface area contributed by atoms with E-state index in [1.807, 2.05) is 0 Å². The number of carbonyl (C=O) groups excluding carboxylic acids is 1. The number of rotatable bonds is 4. The number of anilines is 1. The van der Waals surface area contributed by atoms with Crippen molar-refractivity contribution >= 4 is 35.8 Å². The second kappa shape index (κ2) is 5.88. The number of hydrogen-bond donors (Lipinski definition) is 2. The van der Waals surface area contributed by atoms with Crippen LogP contribution in [0.15, 0.2) is 18.2 Å². The molecule has 5 heteroatoms. The van der Waals surface area contributed by atoms with E-state index in [1.165, 1.54) is 7.11 Å². The average molecular weight is 246 g/mol. The van der Waals surface area contributed by atoms with Gasteiger partial charge < -0.3 is 10.1 Å². The maximum Gasteiger partial charge on any atom is 0.225 e. The standard InChI is InChI=1S/C10H12ClNO2S/c1-14-9-6-7(2-3-8(9)11)12-10(13)4-5-15/h2-3,6,15H,4-5H2,1H3,(H,12,13). The van der Waals surface area contributed by atoms with E-state index in [0.29, 0.717) is 28.6 Å². The van der Waals surface area contributed by atoms with Gasteiger partial charge in [0.1, 0.15) is 5.75 Å². The van der Waals surface area contributed by atoms with Gasteiger partial charge in [0.2, 0.25) is 5.91 Å². The lowest BCUT2D eigenvalue weighted by molar-refractivity contribution is -0.115. The van der Waals surface area contributed by atoms with Gasteiger partial charge in [0, 0.05) is 18.2 Å². The van der Waals surface area contributed by atoms with Crippen molar-refractivity contribution in [3.05, 3.63) is 23.2 Å². The molecule has 0 fully saturated rings. The Morgan fingerprint density at radius 3 is 2.93 bits per heavy atom. The summed E-state index contributed by atoms with van der Waals surface area (Å²) in [6.45, 7) is 0. The van der Waals surface area contributed by atoms with Crippen molar-refractivity contribution < 1.29 is 9.53 Å². The van der Waals surface area contributed by atoms with E-state index in [9.17, 15) is 4.79 Å². The molecule has 0 saturated carbocycles. The van der Waals surface area contributed by atoms with Crippen LogP contribution in [-0.2, 0) is 4.79 Å². The van der Waals surface area contributed by atoms with Crippen LogP contribution in [0.25, 0.3) is 0 Å². The van der Waals surface area contributed by atoms with Gasteiger partial charge in [0.15, 0.2) is 0 Å². The highest BCUT2D eigenvalue weighted by molar-refractivity contribution is 7.80. The van der Waals surface area contributed by atoms with Crippen LogP contribution in [0.1, 0.15) is 6.42 Å². The Hall–Kier alpha value is -0.870. The predicted molar refractivity (Wildman–Crippen MR) is 65.1 cm³/mol. The molecule has 1 N–H and O–H groups in total. The maximum atomic E-state index is 11.3. The van der Waals surface area contributed by atoms with Crippen LogP contribution in [-0.4, -0.2) is 18.8 Å². The van der Waals surface area contributed by atoms with Gasteiger partial charge >= 0.3 is 0 Å². The molecule has 0 heterocycles. The highest BCUT2D eigenvalue weighted by atomic mass is 35.5. The fraction of sp³-hybridized carbons (Fsp3) is 0.300. The second-order valence-corrected chi connectivity index (χ2v) is 3.73. The lowest BCUT2D eigenvalue weighted by Gasteiger charge is -2.07. The Bertz CT molecular complexity index is 357. The van der Waals surface area contributed by atoms with Crippen LogP contribution in [0.4, 0.5) is 5.69 Å². The first-order valence-electron chi connectivity index (χ1n) is 4.41. The molecule has 1 aromatic carbocycles. The zero-order valence-electron chi connectivity index (χ0n) is 8.29. The topological polar surface area (TPSA) is 38.3 Å². The summed E-state index contributed by atoms with van der Waals surface area (Å²) in [4.78, 5) is 11.3. The van der Waals surface area contributed by atoms with Crippen LogP contribution in [0, 0.1) is 0 Å². The van der Waals surface area contributed by atoms with Crippen LogP contribution >= 0.6 is 24.2 Å². The number of nitrogens with one attached hydrogen (secondary N) is 1. The molecule has 0 aliphatic heterocycles. The van der Waals surface area contributed by atoms with Crippen molar-refractivity contribution in [1.82, 2.24) is 0 Å². The van der Waals surface area contributed by atoms with E-state index in [1.54, 1.807) is 18.2 Å². The molecule has 15 heavy (non-hydrogen) atoms. The van der Waals surface area contributed by atoms with Crippen LogP contribution < -0.4 is 10.1 Å². The third-order valence-corrected chi connectivity index (χ3v) is 2.31. The number of amides is 1. The van der Waals surface area contributed by atoms with E-state index in [-0.39, 0.29) is 5.91 Å². The molecule has 0 radical (unpaired) electrons. The van der Waals surface area contributed by atoms with Gasteiger partial charge in [-0.2, -0.15) is 12.6 Å². The lowest BCUT2D eigenvalue weighted by atomic mass is 10.3. The summed E-state index contributed by atoms with van der Waals surface area (Å²) in [6.07, 6.45) is 0.383. The Balaban J connectivity index is 2.74. The Labute approximate surface area is 99.2 Å². The Morgan fingerprint density at radius 1 is 1.60 bits per heavy atom. The third kappa shape index (κ3) is 3.64. The van der Waals surface area contributed by atoms with Crippen molar-refractivity contribution in [2.24, 2.45) is 0 Å². The highest BCUT2D eigenvalue weighted by Gasteiger charge is 2.04. The summed E-state index contributed by atoms with van der Waals surface area (Å²) in [7, 11) is 1.53. The number of carbonyl (C=O) groups is 1. The fourth-order valence-electron chi connectivity index (χ4n) is 1.06. The fourth-order valence-corrected chi connectivity index (χ4v) is 1.46. The molecule has 3 nitrogen and oxygen atoms in total. The normalized spacial score (nSPS) is 9.80. The Kier molecular flexibility index (Phi) is 4.78. The zero-order valence-corrected chi connectivity index (χ0v) is 9.94. The molecule has 0 aliphatic carbocycles. The van der Waals surface area contributed by atoms with Crippen molar-refractivity contribution in [2.75, 3.05) is 18.2 Å². The minimum absolute atomic E-state index is 0.0747. The third-order valence-electron chi connectivity index (χ3n) is 1.77. The van der Waals surface area contributed by atoms with E-state index in [0.717, 1.165) is 0 Å². The molecule has 0 atom stereocenters. The number of ether oxygens (including phenoxy) is 1. The van der Waals surface area contributed by atoms with Crippen molar-refractivity contribution in [2.45, 2.75) is 6.42 Å². The molecular formula is C10H12ClNO2S. The van der Waals surface area contributed by atoms with Gasteiger partial charge in [-0.1, -0.05) is 11.6 Å². The van der Waals surface area contributed by atoms with Crippen molar-refractivity contribution in [3.8, 4) is 5.75 Å². The number of hydrogen-bond acceptors (Lipinski definition) is 3. The number of benzene rings is 1. The first-order valence-corrected chi connectivity index (χ1v) is 5.42. The molecular weight excluding hydrogens is 234 g/mol. The summed E-state index contributed by atoms with van der Waals surface area (Å²) >= 11 is 9.82. The van der Waals surface area contributed by atoms with Gasteiger partial charge in [0.05, 0.1) is 12.1 Å². The molecule has 0 bridgehead atoms. The molecule has 82 valence electrons. The summed E-state index contributed by atoms with van der Waals surface area (Å²) in [5, 5.41) is 3.24. The van der Waals surface area contributed by atoms with E-state index >= 15 is 0 Å². The maximum absolute atomic E-state index is 11.3. The first-order chi connectivity index (χ1) is 7.17. The number of thiol groups is 1. The van der Waals surface area contributed by atoms with E-state index in [2.05, 4.69) is 17.9 Å². The summed E-state index contributed by atoms with van der Waals surface area (Å²) in [5.74, 6) is 0.992. The molecule has 1 amide bonds. The molecule has 1 rings (SSSR count). The molecule has 0 aliphatic rings. The van der Waals surface area contributed by atoms with Gasteiger partial charge in [-0.3, -0.25) is 4.79 Å². The summed E-state index contributed by atoms with van der Waals surface area (Å²) in [5.41, 5.74) is 0.669. The molecule has 0 spiro atoms. The summed E-state index contributed by atoms with van der Waals surface area (Å²) in [6, 6.07) is 5.08. The SMILES string of the molecule is COc1cc(NC(=O)CCS)ccc1Cl. The van der Waals surface area contributed by atoms with Gasteiger partial charge in [-0.05, 0) is 17.9 Å². The quantitative estimate of drug-likeness (QED) is 0.801. The largest absolute Gasteiger partial charge is 0.495 e. The summed E-state index contributed by atoms with van der Waals surface area (Å²) < 4.78 is 5.03.